The van der Waals surface area contributed by atoms with Crippen LogP contribution in [-0.2, 0) is 11.0 Å². The van der Waals surface area contributed by atoms with Crippen molar-refractivity contribution in [3.8, 4) is 0 Å². The van der Waals surface area contributed by atoms with Crippen molar-refractivity contribution in [1.29, 1.82) is 0 Å². The molecule has 0 bridgehead atoms. The van der Waals surface area contributed by atoms with Crippen LogP contribution < -0.4 is 10.2 Å². The zero-order valence-corrected chi connectivity index (χ0v) is 12.4. The van der Waals surface area contributed by atoms with Crippen LogP contribution >= 0.6 is 0 Å². The second-order valence-corrected chi connectivity index (χ2v) is 6.11. The first-order valence-electron chi connectivity index (χ1n) is 7.58. The first kappa shape index (κ1) is 16.0. The molecule has 3 rings (SSSR count). The van der Waals surface area contributed by atoms with Gasteiger partial charge >= 0.3 is 6.18 Å². The number of hydrogen-bond donors (Lipinski definition) is 2. The number of aromatic nitrogens is 1. The number of carbonyl (C=O) groups excluding carboxylic acids is 1. The molecule has 2 N–H and O–H groups in total. The molecule has 0 saturated carbocycles. The van der Waals surface area contributed by atoms with Crippen LogP contribution in [0.3, 0.4) is 0 Å². The molecule has 2 saturated heterocycles. The van der Waals surface area contributed by atoms with Gasteiger partial charge in [-0.2, -0.15) is 13.2 Å². The molecule has 2 aliphatic rings. The molecule has 5 nitrogen and oxygen atoms in total. The number of hydrogen-bond acceptors (Lipinski definition) is 4. The molecule has 0 radical (unpaired) electrons. The van der Waals surface area contributed by atoms with Crippen molar-refractivity contribution in [3.05, 3.63) is 23.9 Å². The number of piperidine rings is 2. The Hall–Kier alpha value is -1.83. The van der Waals surface area contributed by atoms with Gasteiger partial charge < -0.3 is 15.3 Å². The van der Waals surface area contributed by atoms with E-state index in [0.717, 1.165) is 6.07 Å². The van der Waals surface area contributed by atoms with Crippen LogP contribution in [0, 0.1) is 5.41 Å². The number of aliphatic hydroxyl groups excluding tert-OH is 1. The Balaban J connectivity index is 1.95. The summed E-state index contributed by atoms with van der Waals surface area (Å²) in [4.78, 5) is 17.7. The fraction of sp³-hybridized carbons (Fsp3) is 0.600. The predicted octanol–water partition coefficient (Wildman–Crippen LogP) is 1.57. The van der Waals surface area contributed by atoms with E-state index in [1.807, 2.05) is 0 Å². The van der Waals surface area contributed by atoms with Crippen LogP contribution in [0.1, 0.15) is 24.8 Å². The zero-order chi connectivity index (χ0) is 16.7. The van der Waals surface area contributed by atoms with Crippen molar-refractivity contribution in [1.82, 2.24) is 10.3 Å². The SMILES string of the molecule is O=C1NCCC[C@]12CN(c1ncccc1C(F)(F)F)CC[C@@H]2O. The average molecular weight is 329 g/mol. The molecular formula is C15H18F3N3O2. The number of aliphatic hydroxyl groups is 1. The number of alkyl halides is 3. The van der Waals surface area contributed by atoms with Gasteiger partial charge in [-0.25, -0.2) is 4.98 Å². The Morgan fingerprint density at radius 2 is 2.22 bits per heavy atom. The van der Waals surface area contributed by atoms with Crippen molar-refractivity contribution in [3.63, 3.8) is 0 Å². The topological polar surface area (TPSA) is 65.5 Å². The third-order valence-corrected chi connectivity index (χ3v) is 4.71. The lowest BCUT2D eigenvalue weighted by Crippen LogP contribution is -2.61. The number of nitrogens with one attached hydrogen (secondary N) is 1. The molecule has 23 heavy (non-hydrogen) atoms. The summed E-state index contributed by atoms with van der Waals surface area (Å²) in [6.45, 7) is 0.807. The van der Waals surface area contributed by atoms with Gasteiger partial charge in [0.25, 0.3) is 0 Å². The highest BCUT2D eigenvalue weighted by Crippen LogP contribution is 2.41. The summed E-state index contributed by atoms with van der Waals surface area (Å²) in [5, 5.41) is 13.0. The van der Waals surface area contributed by atoms with E-state index >= 15 is 0 Å². The molecule has 1 spiro atoms. The lowest BCUT2D eigenvalue weighted by molar-refractivity contribution is -0.142. The van der Waals surface area contributed by atoms with E-state index in [1.54, 1.807) is 0 Å². The standard InChI is InChI=1S/C15H18F3N3O2/c16-15(17,18)10-3-1-6-19-12(10)21-8-4-11(22)14(9-21)5-2-7-20-13(14)23/h1,3,6,11,22H,2,4-5,7-9H2,(H,20,23)/t11-,14+/m0/s1. The Morgan fingerprint density at radius 1 is 1.43 bits per heavy atom. The normalized spacial score (nSPS) is 28.8. The largest absolute Gasteiger partial charge is 0.419 e. The van der Waals surface area contributed by atoms with Crippen molar-refractivity contribution in [2.24, 2.45) is 5.41 Å². The predicted molar refractivity (Wildman–Crippen MR) is 76.8 cm³/mol. The van der Waals surface area contributed by atoms with Crippen molar-refractivity contribution < 1.29 is 23.1 Å². The van der Waals surface area contributed by atoms with Crippen LogP contribution in [0.5, 0.6) is 0 Å². The summed E-state index contributed by atoms with van der Waals surface area (Å²) in [5.74, 6) is -0.463. The average Bonchev–Trinajstić information content (AvgIpc) is 2.52. The summed E-state index contributed by atoms with van der Waals surface area (Å²) >= 11 is 0. The first-order chi connectivity index (χ1) is 10.8. The molecule has 126 valence electrons. The highest BCUT2D eigenvalue weighted by molar-refractivity contribution is 5.85. The summed E-state index contributed by atoms with van der Waals surface area (Å²) in [5.41, 5.74) is -1.88. The van der Waals surface area contributed by atoms with Gasteiger partial charge in [0.1, 0.15) is 5.82 Å². The van der Waals surface area contributed by atoms with Gasteiger partial charge in [-0.05, 0) is 31.4 Å². The molecule has 1 aromatic heterocycles. The molecule has 1 amide bonds. The molecule has 3 heterocycles. The zero-order valence-electron chi connectivity index (χ0n) is 12.4. The van der Waals surface area contributed by atoms with Gasteiger partial charge in [0.05, 0.1) is 17.1 Å². The molecule has 2 atom stereocenters. The van der Waals surface area contributed by atoms with Crippen LogP contribution in [-0.4, -0.2) is 41.7 Å². The van der Waals surface area contributed by atoms with Gasteiger partial charge in [-0.3, -0.25) is 4.79 Å². The van der Waals surface area contributed by atoms with Gasteiger partial charge in [-0.1, -0.05) is 0 Å². The van der Waals surface area contributed by atoms with E-state index < -0.39 is 23.3 Å². The summed E-state index contributed by atoms with van der Waals surface area (Å²) in [7, 11) is 0. The van der Waals surface area contributed by atoms with Gasteiger partial charge in [0, 0.05) is 25.8 Å². The molecule has 0 aliphatic carbocycles. The molecule has 1 aromatic rings. The molecule has 2 fully saturated rings. The number of amides is 1. The van der Waals surface area contributed by atoms with E-state index in [0.29, 0.717) is 19.4 Å². The second-order valence-electron chi connectivity index (χ2n) is 6.11. The maximum atomic E-state index is 13.2. The van der Waals surface area contributed by atoms with E-state index in [4.69, 9.17) is 0 Å². The smallest absolute Gasteiger partial charge is 0.392 e. The minimum atomic E-state index is -4.51. The Labute approximate surface area is 131 Å². The third-order valence-electron chi connectivity index (χ3n) is 4.71. The number of pyridine rings is 1. The fourth-order valence-corrected chi connectivity index (χ4v) is 3.49. The molecule has 0 aromatic carbocycles. The van der Waals surface area contributed by atoms with Crippen LogP contribution in [0.15, 0.2) is 18.3 Å². The summed E-state index contributed by atoms with van der Waals surface area (Å²) in [6.07, 6.45) is -2.65. The molecule has 8 heteroatoms. The number of anilines is 1. The summed E-state index contributed by atoms with van der Waals surface area (Å²) < 4.78 is 39.6. The quantitative estimate of drug-likeness (QED) is 0.821. The van der Waals surface area contributed by atoms with Crippen molar-refractivity contribution in [2.75, 3.05) is 24.5 Å². The highest BCUT2D eigenvalue weighted by atomic mass is 19.4. The number of nitrogens with zero attached hydrogens (tertiary/aromatic N) is 2. The molecule has 0 unspecified atom stereocenters. The fourth-order valence-electron chi connectivity index (χ4n) is 3.49. The number of carbonyl (C=O) groups is 1. The Morgan fingerprint density at radius 3 is 2.91 bits per heavy atom. The van der Waals surface area contributed by atoms with E-state index in [2.05, 4.69) is 10.3 Å². The second kappa shape index (κ2) is 5.67. The molecule has 2 aliphatic heterocycles. The van der Waals surface area contributed by atoms with Gasteiger partial charge in [0.2, 0.25) is 5.91 Å². The maximum Gasteiger partial charge on any atom is 0.419 e. The van der Waals surface area contributed by atoms with E-state index in [1.165, 1.54) is 17.2 Å². The number of rotatable bonds is 1. The lowest BCUT2D eigenvalue weighted by Gasteiger charge is -2.47. The Kier molecular flexibility index (Phi) is 3.95. The maximum absolute atomic E-state index is 13.2. The third kappa shape index (κ3) is 2.75. The minimum absolute atomic E-state index is 0.0418. The number of halogens is 3. The molecular weight excluding hydrogens is 311 g/mol. The van der Waals surface area contributed by atoms with Gasteiger partial charge in [-0.15, -0.1) is 0 Å². The van der Waals surface area contributed by atoms with E-state index in [9.17, 15) is 23.1 Å². The van der Waals surface area contributed by atoms with Gasteiger partial charge in [0.15, 0.2) is 0 Å². The van der Waals surface area contributed by atoms with Crippen molar-refractivity contribution >= 4 is 11.7 Å². The summed E-state index contributed by atoms with van der Waals surface area (Å²) in [6, 6.07) is 2.23. The van der Waals surface area contributed by atoms with Crippen LogP contribution in [0.2, 0.25) is 0 Å². The van der Waals surface area contributed by atoms with E-state index in [-0.39, 0.29) is 31.2 Å². The van der Waals surface area contributed by atoms with Crippen LogP contribution in [0.25, 0.3) is 0 Å². The first-order valence-corrected chi connectivity index (χ1v) is 7.58. The van der Waals surface area contributed by atoms with Crippen molar-refractivity contribution in [2.45, 2.75) is 31.5 Å². The van der Waals surface area contributed by atoms with Crippen LogP contribution in [0.4, 0.5) is 19.0 Å². The lowest BCUT2D eigenvalue weighted by atomic mass is 9.71. The minimum Gasteiger partial charge on any atom is -0.392 e. The Bertz CT molecular complexity index is 608. The monoisotopic (exact) mass is 329 g/mol. The highest BCUT2D eigenvalue weighted by Gasteiger charge is 2.51.